The van der Waals surface area contributed by atoms with Crippen molar-refractivity contribution in [3.63, 3.8) is 0 Å². The molecule has 2 N–H and O–H groups in total. The monoisotopic (exact) mass is 346 g/mol. The normalized spacial score (nSPS) is 11.5. The predicted molar refractivity (Wildman–Crippen MR) is 108 cm³/mol. The van der Waals surface area contributed by atoms with Crippen molar-refractivity contribution in [2.24, 2.45) is 9.98 Å². The Morgan fingerprint density at radius 1 is 1.00 bits per heavy atom. The minimum Gasteiger partial charge on any atom is -0.313 e. The predicted octanol–water partition coefficient (Wildman–Crippen LogP) is 4.80. The molecule has 2 rings (SSSR count). The zero-order valence-electron chi connectivity index (χ0n) is 15.0. The number of rotatable bonds is 8. The first-order valence-electron chi connectivity index (χ1n) is 8.34. The molecule has 0 fully saturated rings. The van der Waals surface area contributed by atoms with Crippen LogP contribution in [0.1, 0.15) is 24.0 Å². The summed E-state index contributed by atoms with van der Waals surface area (Å²) in [4.78, 5) is 20.9. The van der Waals surface area contributed by atoms with Gasteiger partial charge >= 0.3 is 0 Å². The van der Waals surface area contributed by atoms with Gasteiger partial charge in [-0.25, -0.2) is 0 Å². The van der Waals surface area contributed by atoms with Crippen LogP contribution >= 0.6 is 0 Å². The van der Waals surface area contributed by atoms with Crippen LogP contribution in [0.4, 0.5) is 11.4 Å². The molecule has 5 heteroatoms. The average molecular weight is 346 g/mol. The topological polar surface area (TPSA) is 89.5 Å². The molecule has 0 unspecified atom stereocenters. The van der Waals surface area contributed by atoms with Crippen molar-refractivity contribution < 1.29 is 4.79 Å². The van der Waals surface area contributed by atoms with E-state index in [-0.39, 0.29) is 24.3 Å². The SMILES string of the molecule is Cc1cccc(N=CCC(=O)C(=N)C(CC=N)=Nc2cccc(C)c2)c1. The third-order valence-electron chi connectivity index (χ3n) is 3.65. The van der Waals surface area contributed by atoms with Crippen molar-refractivity contribution >= 4 is 41.0 Å². The summed E-state index contributed by atoms with van der Waals surface area (Å²) in [7, 11) is 0. The molecule has 0 aliphatic rings. The zero-order chi connectivity index (χ0) is 18.9. The lowest BCUT2D eigenvalue weighted by Gasteiger charge is -2.05. The van der Waals surface area contributed by atoms with Crippen LogP contribution in [0.3, 0.4) is 0 Å². The van der Waals surface area contributed by atoms with E-state index in [0.29, 0.717) is 11.4 Å². The summed E-state index contributed by atoms with van der Waals surface area (Å²) in [6, 6.07) is 15.2. The Morgan fingerprint density at radius 3 is 2.23 bits per heavy atom. The van der Waals surface area contributed by atoms with E-state index in [9.17, 15) is 4.79 Å². The van der Waals surface area contributed by atoms with Crippen molar-refractivity contribution in [1.82, 2.24) is 0 Å². The van der Waals surface area contributed by atoms with Gasteiger partial charge in [0.05, 0.1) is 17.1 Å². The largest absolute Gasteiger partial charge is 0.313 e. The first-order chi connectivity index (χ1) is 12.5. The molecule has 0 amide bonds. The molecule has 0 radical (unpaired) electrons. The maximum atomic E-state index is 12.3. The number of aryl methyl sites for hydroxylation is 2. The molecule has 0 aromatic heterocycles. The molecule has 0 bridgehead atoms. The number of carbonyl (C=O) groups excluding carboxylic acids is 1. The van der Waals surface area contributed by atoms with Gasteiger partial charge in [0.2, 0.25) is 0 Å². The number of hydrogen-bond acceptors (Lipinski definition) is 5. The van der Waals surface area contributed by atoms with Gasteiger partial charge in [-0.15, -0.1) is 0 Å². The van der Waals surface area contributed by atoms with E-state index in [4.69, 9.17) is 10.8 Å². The fourth-order valence-corrected chi connectivity index (χ4v) is 2.36. The van der Waals surface area contributed by atoms with E-state index in [2.05, 4.69) is 9.98 Å². The van der Waals surface area contributed by atoms with Crippen molar-refractivity contribution in [1.29, 1.82) is 10.8 Å². The minimum atomic E-state index is -0.366. The number of carbonyl (C=O) groups is 1. The molecule has 0 spiro atoms. The molecular formula is C21H22N4O. The highest BCUT2D eigenvalue weighted by molar-refractivity contribution is 6.68. The maximum absolute atomic E-state index is 12.3. The van der Waals surface area contributed by atoms with E-state index in [1.165, 1.54) is 6.21 Å². The van der Waals surface area contributed by atoms with Crippen LogP contribution in [-0.2, 0) is 4.79 Å². The highest BCUT2D eigenvalue weighted by Gasteiger charge is 2.14. The number of Topliss-reactive ketones (excluding diaryl/α,β-unsaturated/α-hetero) is 1. The molecule has 26 heavy (non-hydrogen) atoms. The summed E-state index contributed by atoms with van der Waals surface area (Å²) in [5.41, 5.74) is 3.71. The van der Waals surface area contributed by atoms with E-state index < -0.39 is 0 Å². The van der Waals surface area contributed by atoms with Crippen LogP contribution in [0.2, 0.25) is 0 Å². The number of nitrogens with zero attached hydrogens (tertiary/aromatic N) is 2. The second kappa shape index (κ2) is 9.32. The number of nitrogens with one attached hydrogen (secondary N) is 2. The Bertz CT molecular complexity index is 881. The van der Waals surface area contributed by atoms with Gasteiger partial charge in [-0.1, -0.05) is 24.3 Å². The van der Waals surface area contributed by atoms with E-state index in [1.54, 1.807) is 0 Å². The number of ketones is 1. The summed E-state index contributed by atoms with van der Waals surface area (Å²) in [5.74, 6) is -0.366. The lowest BCUT2D eigenvalue weighted by molar-refractivity contribution is -0.111. The molecule has 2 aromatic rings. The molecule has 0 saturated carbocycles. The lowest BCUT2D eigenvalue weighted by atomic mass is 10.1. The first kappa shape index (κ1) is 19.1. The van der Waals surface area contributed by atoms with Crippen LogP contribution in [0.5, 0.6) is 0 Å². The molecular weight excluding hydrogens is 324 g/mol. The summed E-state index contributed by atoms with van der Waals surface area (Å²) in [6.07, 6.45) is 2.84. The van der Waals surface area contributed by atoms with Gasteiger partial charge in [0.15, 0.2) is 5.78 Å². The number of benzene rings is 2. The molecule has 5 nitrogen and oxygen atoms in total. The van der Waals surface area contributed by atoms with Gasteiger partial charge in [0.25, 0.3) is 0 Å². The lowest BCUT2D eigenvalue weighted by Crippen LogP contribution is -2.23. The van der Waals surface area contributed by atoms with E-state index in [1.807, 2.05) is 62.4 Å². The first-order valence-corrected chi connectivity index (χ1v) is 8.34. The zero-order valence-corrected chi connectivity index (χ0v) is 15.0. The Kier molecular flexibility index (Phi) is 6.85. The molecule has 0 aliphatic heterocycles. The number of aliphatic imine (C=N–C) groups is 2. The standard InChI is InChI=1S/C21H22N4O/c1-15-5-3-7-17(13-15)24-12-10-20(26)21(23)19(9-11-22)25-18-8-4-6-16(2)14-18/h3-8,11-14,22-23H,9-10H2,1-2H3. The maximum Gasteiger partial charge on any atom is 0.187 e. The summed E-state index contributed by atoms with van der Waals surface area (Å²) < 4.78 is 0. The summed E-state index contributed by atoms with van der Waals surface area (Å²) in [5, 5.41) is 15.4. The molecule has 0 aliphatic carbocycles. The van der Waals surface area contributed by atoms with Gasteiger partial charge in [-0.2, -0.15) is 0 Å². The highest BCUT2D eigenvalue weighted by atomic mass is 16.1. The van der Waals surface area contributed by atoms with Gasteiger partial charge < -0.3 is 5.41 Å². The van der Waals surface area contributed by atoms with Crippen LogP contribution in [-0.4, -0.2) is 29.6 Å². The van der Waals surface area contributed by atoms with E-state index in [0.717, 1.165) is 23.0 Å². The van der Waals surface area contributed by atoms with Crippen LogP contribution < -0.4 is 0 Å². The fourth-order valence-electron chi connectivity index (χ4n) is 2.36. The molecule has 132 valence electrons. The van der Waals surface area contributed by atoms with Crippen LogP contribution in [0.15, 0.2) is 58.5 Å². The Labute approximate surface area is 153 Å². The average Bonchev–Trinajstić information content (AvgIpc) is 2.61. The van der Waals surface area contributed by atoms with Gasteiger partial charge in [0, 0.05) is 25.3 Å². The third kappa shape index (κ3) is 5.70. The summed E-state index contributed by atoms with van der Waals surface area (Å²) >= 11 is 0. The second-order valence-corrected chi connectivity index (χ2v) is 5.96. The quantitative estimate of drug-likeness (QED) is 0.661. The molecule has 2 aromatic carbocycles. The van der Waals surface area contributed by atoms with Crippen molar-refractivity contribution in [2.45, 2.75) is 26.7 Å². The molecule has 0 heterocycles. The molecule has 0 saturated heterocycles. The highest BCUT2D eigenvalue weighted by Crippen LogP contribution is 2.15. The van der Waals surface area contributed by atoms with Crippen molar-refractivity contribution in [3.8, 4) is 0 Å². The van der Waals surface area contributed by atoms with Gasteiger partial charge in [0.1, 0.15) is 5.71 Å². The van der Waals surface area contributed by atoms with E-state index >= 15 is 0 Å². The van der Waals surface area contributed by atoms with Gasteiger partial charge in [-0.3, -0.25) is 20.2 Å². The summed E-state index contributed by atoms with van der Waals surface area (Å²) in [6.45, 7) is 3.93. The van der Waals surface area contributed by atoms with Crippen LogP contribution in [0, 0.1) is 24.7 Å². The van der Waals surface area contributed by atoms with Crippen LogP contribution in [0.25, 0.3) is 0 Å². The second-order valence-electron chi connectivity index (χ2n) is 5.96. The smallest absolute Gasteiger partial charge is 0.187 e. The fraction of sp³-hybridized carbons (Fsp3) is 0.190. The number of hydrogen-bond donors (Lipinski definition) is 2. The Balaban J connectivity index is 2.10. The van der Waals surface area contributed by atoms with Crippen molar-refractivity contribution in [2.75, 3.05) is 0 Å². The Hall–Kier alpha value is -3.21. The van der Waals surface area contributed by atoms with Gasteiger partial charge in [-0.05, 0) is 49.2 Å². The third-order valence-corrected chi connectivity index (χ3v) is 3.65. The minimum absolute atomic E-state index is 0.0254. The molecule has 0 atom stereocenters. The Morgan fingerprint density at radius 2 is 1.62 bits per heavy atom. The van der Waals surface area contributed by atoms with Crippen molar-refractivity contribution in [3.05, 3.63) is 59.7 Å².